The van der Waals surface area contributed by atoms with E-state index in [-0.39, 0.29) is 5.91 Å². The molecule has 1 saturated carbocycles. The van der Waals surface area contributed by atoms with Crippen LogP contribution in [0.25, 0.3) is 0 Å². The maximum Gasteiger partial charge on any atom is 0.248 e. The van der Waals surface area contributed by atoms with Crippen molar-refractivity contribution < 1.29 is 9.59 Å². The Balaban J connectivity index is 1.69. The number of amides is 2. The summed E-state index contributed by atoms with van der Waals surface area (Å²) in [5.41, 5.74) is 6.76. The van der Waals surface area contributed by atoms with Gasteiger partial charge < -0.3 is 10.6 Å². The second-order valence-corrected chi connectivity index (χ2v) is 6.60. The lowest BCUT2D eigenvalue weighted by molar-refractivity contribution is -0.131. The van der Waals surface area contributed by atoms with Crippen LogP contribution < -0.4 is 5.73 Å². The van der Waals surface area contributed by atoms with E-state index >= 15 is 0 Å². The Hall–Kier alpha value is -2.14. The Morgan fingerprint density at radius 2 is 1.91 bits per heavy atom. The molecule has 5 heteroatoms. The van der Waals surface area contributed by atoms with Crippen molar-refractivity contribution >= 4 is 23.2 Å². The topological polar surface area (TPSA) is 63.4 Å². The minimum atomic E-state index is -0.431. The van der Waals surface area contributed by atoms with Gasteiger partial charge in [0.15, 0.2) is 0 Å². The maximum absolute atomic E-state index is 12.5. The fraction of sp³-hybridized carbons (Fsp3) is 0.294. The van der Waals surface area contributed by atoms with Crippen LogP contribution in [0.15, 0.2) is 41.8 Å². The maximum atomic E-state index is 12.5. The number of carbonyl (C=O) groups is 2. The Morgan fingerprint density at radius 3 is 2.45 bits per heavy atom. The number of rotatable bonds is 6. The smallest absolute Gasteiger partial charge is 0.248 e. The lowest BCUT2D eigenvalue weighted by Gasteiger charge is -2.22. The summed E-state index contributed by atoms with van der Waals surface area (Å²) in [4.78, 5) is 26.7. The molecule has 22 heavy (non-hydrogen) atoms. The number of hydrogen-bond acceptors (Lipinski definition) is 3. The van der Waals surface area contributed by atoms with Crippen molar-refractivity contribution in [3.8, 4) is 0 Å². The highest BCUT2D eigenvalue weighted by Gasteiger charge is 2.32. The molecule has 2 N–H and O–H groups in total. The zero-order valence-electron chi connectivity index (χ0n) is 12.2. The molecule has 0 bridgehead atoms. The molecule has 2 amide bonds. The Morgan fingerprint density at radius 1 is 1.18 bits per heavy atom. The molecule has 3 rings (SSSR count). The molecule has 4 nitrogen and oxygen atoms in total. The Kier molecular flexibility index (Phi) is 4.24. The van der Waals surface area contributed by atoms with E-state index in [9.17, 15) is 9.59 Å². The van der Waals surface area contributed by atoms with Crippen LogP contribution in [0.3, 0.4) is 0 Å². The minimum Gasteiger partial charge on any atom is -0.366 e. The number of nitrogens with zero attached hydrogens (tertiary/aromatic N) is 1. The number of carbonyl (C=O) groups excluding carboxylic acids is 2. The van der Waals surface area contributed by atoms with Gasteiger partial charge in [0.05, 0.1) is 6.42 Å². The lowest BCUT2D eigenvalue weighted by Crippen LogP contribution is -2.33. The molecule has 1 aliphatic rings. The highest BCUT2D eigenvalue weighted by atomic mass is 32.1. The Labute approximate surface area is 133 Å². The van der Waals surface area contributed by atoms with E-state index in [1.807, 2.05) is 34.5 Å². The zero-order valence-corrected chi connectivity index (χ0v) is 13.0. The van der Waals surface area contributed by atoms with Crippen LogP contribution in [-0.4, -0.2) is 22.8 Å². The summed E-state index contributed by atoms with van der Waals surface area (Å²) in [5.74, 6) is -0.261. The van der Waals surface area contributed by atoms with Crippen LogP contribution in [0.2, 0.25) is 0 Å². The molecular weight excluding hydrogens is 296 g/mol. The van der Waals surface area contributed by atoms with E-state index in [0.29, 0.717) is 24.6 Å². The van der Waals surface area contributed by atoms with Gasteiger partial charge >= 0.3 is 0 Å². The highest BCUT2D eigenvalue weighted by Crippen LogP contribution is 2.29. The molecule has 0 aliphatic heterocycles. The summed E-state index contributed by atoms with van der Waals surface area (Å²) in [6, 6.07) is 11.5. The summed E-state index contributed by atoms with van der Waals surface area (Å²) in [7, 11) is 0. The second kappa shape index (κ2) is 6.32. The van der Waals surface area contributed by atoms with Crippen LogP contribution in [0.4, 0.5) is 0 Å². The normalized spacial score (nSPS) is 13.8. The largest absolute Gasteiger partial charge is 0.366 e. The van der Waals surface area contributed by atoms with Gasteiger partial charge in [-0.05, 0) is 42.0 Å². The number of hydrogen-bond donors (Lipinski definition) is 1. The standard InChI is InChI=1S/C17H18N2O2S/c18-17(21)13-5-3-12(4-6-13)11-19(14-7-8-14)16(20)10-15-2-1-9-22-15/h1-6,9,14H,7-8,10-11H2,(H2,18,21). The van der Waals surface area contributed by atoms with Crippen molar-refractivity contribution in [1.29, 1.82) is 0 Å². The van der Waals surface area contributed by atoms with Crippen molar-refractivity contribution in [2.24, 2.45) is 5.73 Å². The van der Waals surface area contributed by atoms with Crippen LogP contribution in [0.5, 0.6) is 0 Å². The third kappa shape index (κ3) is 3.54. The molecule has 1 aromatic heterocycles. The molecule has 1 heterocycles. The van der Waals surface area contributed by atoms with Crippen molar-refractivity contribution in [2.45, 2.75) is 31.8 Å². The van der Waals surface area contributed by atoms with E-state index in [2.05, 4.69) is 0 Å². The average Bonchev–Trinajstić information content (AvgIpc) is 3.22. The Bertz CT molecular complexity index is 660. The molecule has 114 valence electrons. The fourth-order valence-corrected chi connectivity index (χ4v) is 3.14. The quantitative estimate of drug-likeness (QED) is 0.890. The van der Waals surface area contributed by atoms with Gasteiger partial charge in [-0.1, -0.05) is 18.2 Å². The van der Waals surface area contributed by atoms with Gasteiger partial charge in [-0.25, -0.2) is 0 Å². The van der Waals surface area contributed by atoms with E-state index < -0.39 is 5.91 Å². The van der Waals surface area contributed by atoms with Gasteiger partial charge in [0, 0.05) is 23.0 Å². The molecule has 0 spiro atoms. The molecule has 2 aromatic rings. The zero-order chi connectivity index (χ0) is 15.5. The summed E-state index contributed by atoms with van der Waals surface area (Å²) >= 11 is 1.61. The molecule has 1 aliphatic carbocycles. The van der Waals surface area contributed by atoms with Crippen molar-refractivity contribution in [1.82, 2.24) is 4.90 Å². The lowest BCUT2D eigenvalue weighted by atomic mass is 10.1. The van der Waals surface area contributed by atoms with Gasteiger partial charge in [-0.2, -0.15) is 0 Å². The molecular formula is C17H18N2O2S. The van der Waals surface area contributed by atoms with Gasteiger partial charge in [-0.15, -0.1) is 11.3 Å². The molecule has 0 saturated heterocycles. The van der Waals surface area contributed by atoms with Gasteiger partial charge in [0.25, 0.3) is 0 Å². The molecule has 0 unspecified atom stereocenters. The number of benzene rings is 1. The fourth-order valence-electron chi connectivity index (χ4n) is 2.44. The predicted molar refractivity (Wildman–Crippen MR) is 86.6 cm³/mol. The monoisotopic (exact) mass is 314 g/mol. The highest BCUT2D eigenvalue weighted by molar-refractivity contribution is 7.10. The molecule has 1 fully saturated rings. The van der Waals surface area contributed by atoms with E-state index in [1.54, 1.807) is 23.5 Å². The first-order chi connectivity index (χ1) is 10.6. The second-order valence-electron chi connectivity index (χ2n) is 5.57. The third-order valence-corrected chi connectivity index (χ3v) is 4.68. The van der Waals surface area contributed by atoms with Crippen molar-refractivity contribution in [3.05, 3.63) is 57.8 Å². The first kappa shape index (κ1) is 14.8. The van der Waals surface area contributed by atoms with Crippen LogP contribution in [0, 0.1) is 0 Å². The minimum absolute atomic E-state index is 0.170. The number of nitrogens with two attached hydrogens (primary N) is 1. The van der Waals surface area contributed by atoms with Gasteiger partial charge in [0.2, 0.25) is 11.8 Å². The summed E-state index contributed by atoms with van der Waals surface area (Å²) < 4.78 is 0. The van der Waals surface area contributed by atoms with Crippen LogP contribution in [0.1, 0.15) is 33.6 Å². The van der Waals surface area contributed by atoms with Crippen molar-refractivity contribution in [2.75, 3.05) is 0 Å². The van der Waals surface area contributed by atoms with E-state index in [1.165, 1.54) is 0 Å². The summed E-state index contributed by atoms with van der Waals surface area (Å²) in [6.45, 7) is 0.591. The SMILES string of the molecule is NC(=O)c1ccc(CN(C(=O)Cc2cccs2)C2CC2)cc1. The van der Waals surface area contributed by atoms with Crippen molar-refractivity contribution in [3.63, 3.8) is 0 Å². The number of primary amides is 1. The molecule has 0 atom stereocenters. The predicted octanol–water partition coefficient (Wildman–Crippen LogP) is 2.58. The van der Waals surface area contributed by atoms with E-state index in [4.69, 9.17) is 5.73 Å². The summed E-state index contributed by atoms with van der Waals surface area (Å²) in [6.07, 6.45) is 2.62. The first-order valence-corrected chi connectivity index (χ1v) is 8.22. The average molecular weight is 314 g/mol. The van der Waals surface area contributed by atoms with Gasteiger partial charge in [0.1, 0.15) is 0 Å². The third-order valence-electron chi connectivity index (χ3n) is 3.80. The number of thiophene rings is 1. The van der Waals surface area contributed by atoms with Crippen LogP contribution >= 0.6 is 11.3 Å². The van der Waals surface area contributed by atoms with E-state index in [0.717, 1.165) is 23.3 Å². The molecule has 0 radical (unpaired) electrons. The van der Waals surface area contributed by atoms with Gasteiger partial charge in [-0.3, -0.25) is 9.59 Å². The molecule has 1 aromatic carbocycles. The first-order valence-electron chi connectivity index (χ1n) is 7.34. The summed E-state index contributed by atoms with van der Waals surface area (Å²) in [5, 5.41) is 1.99. The van der Waals surface area contributed by atoms with Crippen LogP contribution in [-0.2, 0) is 17.8 Å².